The lowest BCUT2D eigenvalue weighted by Gasteiger charge is -2.49. The first-order chi connectivity index (χ1) is 6.30. The van der Waals surface area contributed by atoms with Gasteiger partial charge < -0.3 is 28.9 Å². The van der Waals surface area contributed by atoms with E-state index in [-0.39, 0.29) is 24.0 Å². The number of benzene rings is 1. The largest absolute Gasteiger partial charge is 1.00 e. The van der Waals surface area contributed by atoms with E-state index < -0.39 is 0 Å². The molecule has 3 heterocycles. The fourth-order valence-corrected chi connectivity index (χ4v) is 2.58. The molecule has 2 bridgehead atoms. The van der Waals surface area contributed by atoms with Crippen molar-refractivity contribution in [3.8, 4) is 0 Å². The summed E-state index contributed by atoms with van der Waals surface area (Å²) in [5.41, 5.74) is 2.97. The fourth-order valence-electron chi connectivity index (χ4n) is 2.58. The van der Waals surface area contributed by atoms with Crippen LogP contribution in [0.2, 0.25) is 0 Å². The Labute approximate surface area is 102 Å². The quantitative estimate of drug-likeness (QED) is 0.415. The van der Waals surface area contributed by atoms with Gasteiger partial charge in [0.15, 0.2) is 5.69 Å². The normalized spacial score (nSPS) is 21.4. The zero-order chi connectivity index (χ0) is 8.89. The Morgan fingerprint density at radius 3 is 2.43 bits per heavy atom. The summed E-state index contributed by atoms with van der Waals surface area (Å²) in [4.78, 5) is 2.51. The van der Waals surface area contributed by atoms with Crippen LogP contribution in [0.5, 0.6) is 0 Å². The Kier molecular flexibility index (Phi) is 2.47. The summed E-state index contributed by atoms with van der Waals surface area (Å²) in [5.74, 6) is 0. The standard InChI is InChI=1S/C11H15N2.HI/c1-13-8-6-12(7-9-13)10-4-2-3-5-11(10)13;/h2-5H,6-9H2,1H3;1H/q+1;/p-1. The molecule has 3 heteroatoms. The van der Waals surface area contributed by atoms with Gasteiger partial charge in [-0.1, -0.05) is 12.1 Å². The minimum absolute atomic E-state index is 0. The molecule has 4 rings (SSSR count). The van der Waals surface area contributed by atoms with Gasteiger partial charge >= 0.3 is 0 Å². The highest BCUT2D eigenvalue weighted by Gasteiger charge is 2.39. The van der Waals surface area contributed by atoms with Crippen molar-refractivity contribution in [2.45, 2.75) is 0 Å². The Hall–Kier alpha value is -0.290. The zero-order valence-corrected chi connectivity index (χ0v) is 10.6. The van der Waals surface area contributed by atoms with Crippen LogP contribution in [0.25, 0.3) is 0 Å². The number of quaternary nitrogens is 1. The molecular formula is C11H15IN2. The molecule has 0 amide bonds. The monoisotopic (exact) mass is 302 g/mol. The van der Waals surface area contributed by atoms with E-state index in [0.29, 0.717) is 0 Å². The highest BCUT2D eigenvalue weighted by atomic mass is 127. The van der Waals surface area contributed by atoms with Crippen LogP contribution in [0.1, 0.15) is 0 Å². The van der Waals surface area contributed by atoms with E-state index >= 15 is 0 Å². The molecule has 1 fully saturated rings. The molecule has 0 aromatic heterocycles. The summed E-state index contributed by atoms with van der Waals surface area (Å²) in [6.07, 6.45) is 0. The van der Waals surface area contributed by atoms with Gasteiger partial charge in [-0.3, -0.25) is 4.48 Å². The number of hydrogen-bond donors (Lipinski definition) is 0. The van der Waals surface area contributed by atoms with Crippen LogP contribution in [0, 0.1) is 0 Å². The van der Waals surface area contributed by atoms with Crippen LogP contribution in [-0.4, -0.2) is 33.2 Å². The maximum atomic E-state index is 2.51. The van der Waals surface area contributed by atoms with Gasteiger partial charge in [0.05, 0.1) is 25.8 Å². The fraction of sp³-hybridized carbons (Fsp3) is 0.455. The Morgan fingerprint density at radius 1 is 1.14 bits per heavy atom. The molecule has 0 saturated carbocycles. The first-order valence-corrected chi connectivity index (χ1v) is 4.99. The van der Waals surface area contributed by atoms with Gasteiger partial charge in [0.1, 0.15) is 13.1 Å². The SMILES string of the molecule is C[N+]12CCN(CC1)c1ccccc12.[I-]. The van der Waals surface area contributed by atoms with Gasteiger partial charge in [0.25, 0.3) is 0 Å². The third-order valence-electron chi connectivity index (χ3n) is 3.53. The lowest BCUT2D eigenvalue weighted by atomic mass is 10.1. The smallest absolute Gasteiger partial charge is 0.156 e. The molecule has 1 saturated heterocycles. The van der Waals surface area contributed by atoms with Gasteiger partial charge in [-0.15, -0.1) is 0 Å². The lowest BCUT2D eigenvalue weighted by molar-refractivity contribution is -0.00000266. The number of para-hydroxylation sites is 2. The molecule has 3 aliphatic heterocycles. The maximum absolute atomic E-state index is 2.51. The van der Waals surface area contributed by atoms with Crippen molar-refractivity contribution in [1.82, 2.24) is 4.48 Å². The van der Waals surface area contributed by atoms with Crippen molar-refractivity contribution in [2.24, 2.45) is 0 Å². The van der Waals surface area contributed by atoms with Gasteiger partial charge in [-0.25, -0.2) is 0 Å². The second-order valence-corrected chi connectivity index (χ2v) is 4.32. The molecule has 3 aliphatic rings. The van der Waals surface area contributed by atoms with E-state index in [1.807, 2.05) is 0 Å². The average molecular weight is 302 g/mol. The van der Waals surface area contributed by atoms with E-state index in [9.17, 15) is 0 Å². The second-order valence-electron chi connectivity index (χ2n) is 4.32. The number of nitrogens with zero attached hydrogens (tertiary/aromatic N) is 2. The molecule has 2 nitrogen and oxygen atoms in total. The highest BCUT2D eigenvalue weighted by Crippen LogP contribution is 2.39. The number of piperazine rings is 1. The van der Waals surface area contributed by atoms with Gasteiger partial charge in [-0.05, 0) is 6.07 Å². The zero-order valence-electron chi connectivity index (χ0n) is 8.41. The third-order valence-corrected chi connectivity index (χ3v) is 3.53. The topological polar surface area (TPSA) is 3.24 Å². The second kappa shape index (κ2) is 3.38. The van der Waals surface area contributed by atoms with E-state index in [1.54, 1.807) is 0 Å². The molecule has 0 spiro atoms. The first-order valence-electron chi connectivity index (χ1n) is 4.99. The number of fused-ring (bicyclic) bond motifs is 2. The van der Waals surface area contributed by atoms with Gasteiger partial charge in [0, 0.05) is 6.07 Å². The van der Waals surface area contributed by atoms with E-state index in [1.165, 1.54) is 37.6 Å². The highest BCUT2D eigenvalue weighted by molar-refractivity contribution is 5.72. The summed E-state index contributed by atoms with van der Waals surface area (Å²) in [6.45, 7) is 5.01. The molecule has 76 valence electrons. The van der Waals surface area contributed by atoms with Crippen molar-refractivity contribution >= 4 is 11.4 Å². The molecule has 0 radical (unpaired) electrons. The summed E-state index contributed by atoms with van der Waals surface area (Å²) in [7, 11) is 2.36. The van der Waals surface area contributed by atoms with Gasteiger partial charge in [-0.2, -0.15) is 0 Å². The number of anilines is 1. The van der Waals surface area contributed by atoms with Crippen LogP contribution in [0.4, 0.5) is 11.4 Å². The Morgan fingerprint density at radius 2 is 1.79 bits per heavy atom. The number of hydrogen-bond acceptors (Lipinski definition) is 1. The first kappa shape index (κ1) is 10.2. The molecule has 0 N–H and O–H groups in total. The van der Waals surface area contributed by atoms with Crippen LogP contribution in [0.3, 0.4) is 0 Å². The minimum Gasteiger partial charge on any atom is -1.00 e. The number of likely N-dealkylation sites (N-methyl/N-ethyl adjacent to an activating group) is 1. The number of halogens is 1. The van der Waals surface area contributed by atoms with Crippen LogP contribution < -0.4 is 33.4 Å². The summed E-state index contributed by atoms with van der Waals surface area (Å²) >= 11 is 0. The van der Waals surface area contributed by atoms with Crippen LogP contribution >= 0.6 is 0 Å². The van der Waals surface area contributed by atoms with Gasteiger partial charge in [0.2, 0.25) is 0 Å². The molecule has 0 atom stereocenters. The van der Waals surface area contributed by atoms with Crippen molar-refractivity contribution in [3.63, 3.8) is 0 Å². The van der Waals surface area contributed by atoms with E-state index in [4.69, 9.17) is 0 Å². The average Bonchev–Trinajstić information content (AvgIpc) is 2.19. The van der Waals surface area contributed by atoms with E-state index in [0.717, 1.165) is 4.48 Å². The Balaban J connectivity index is 0.000000750. The van der Waals surface area contributed by atoms with Crippen LogP contribution in [-0.2, 0) is 0 Å². The molecule has 0 aliphatic carbocycles. The molecule has 1 aromatic carbocycles. The number of rotatable bonds is 0. The molecular weight excluding hydrogens is 287 g/mol. The predicted molar refractivity (Wildman–Crippen MR) is 56.1 cm³/mol. The summed E-state index contributed by atoms with van der Waals surface area (Å²) in [5, 5.41) is 0. The van der Waals surface area contributed by atoms with Crippen molar-refractivity contribution in [3.05, 3.63) is 24.3 Å². The van der Waals surface area contributed by atoms with E-state index in [2.05, 4.69) is 36.2 Å². The molecule has 14 heavy (non-hydrogen) atoms. The van der Waals surface area contributed by atoms with Crippen LogP contribution in [0.15, 0.2) is 24.3 Å². The molecule has 0 unspecified atom stereocenters. The maximum Gasteiger partial charge on any atom is 0.156 e. The summed E-state index contributed by atoms with van der Waals surface area (Å²) in [6, 6.07) is 8.84. The molecule has 1 aromatic rings. The Bertz CT molecular complexity index is 343. The summed E-state index contributed by atoms with van der Waals surface area (Å²) < 4.78 is 1.15. The van der Waals surface area contributed by atoms with Crippen molar-refractivity contribution < 1.29 is 24.0 Å². The third kappa shape index (κ3) is 1.26. The van der Waals surface area contributed by atoms with Crippen molar-refractivity contribution in [1.29, 1.82) is 0 Å². The lowest BCUT2D eigenvalue weighted by Crippen LogP contribution is -3.00. The van der Waals surface area contributed by atoms with Crippen molar-refractivity contribution in [2.75, 3.05) is 38.1 Å². The minimum atomic E-state index is 0. The predicted octanol–water partition coefficient (Wildman–Crippen LogP) is -1.54.